The average Bonchev–Trinajstić information content (AvgIpc) is 3.17. The number of hydrogen-bond acceptors (Lipinski definition) is 10. The molecule has 194 valence electrons. The van der Waals surface area contributed by atoms with Crippen LogP contribution in [0.4, 0.5) is 0 Å². The molecule has 7 bridgehead atoms. The molecule has 5 aliphatic carbocycles. The van der Waals surface area contributed by atoms with Gasteiger partial charge in [-0.2, -0.15) is 0 Å². The van der Waals surface area contributed by atoms with Crippen LogP contribution in [0, 0.1) is 34.5 Å². The topological polar surface area (TPSA) is 141 Å². The highest BCUT2D eigenvalue weighted by atomic mass is 16.5. The third-order valence-electron chi connectivity index (χ3n) is 11.4. The maximum atomic E-state index is 12.5. The number of ether oxygens (including phenoxy) is 4. The Morgan fingerprint density at radius 3 is 2.24 bits per heavy atom. The van der Waals surface area contributed by atoms with Crippen LogP contribution >= 0.6 is 0 Å². The van der Waals surface area contributed by atoms with Gasteiger partial charge in [-0.25, -0.2) is 0 Å². The summed E-state index contributed by atoms with van der Waals surface area (Å²) in [6.07, 6.45) is -4.96. The molecule has 15 atom stereocenters. The Hall–Kier alpha value is -0.400. The van der Waals surface area contributed by atoms with E-state index in [1.807, 2.05) is 7.05 Å². The van der Waals surface area contributed by atoms with Gasteiger partial charge in [0.2, 0.25) is 0 Å². The number of rotatable bonds is 5. The zero-order valence-corrected chi connectivity index (χ0v) is 20.5. The van der Waals surface area contributed by atoms with E-state index in [1.54, 1.807) is 21.3 Å². The molecule has 1 spiro atoms. The minimum atomic E-state index is -1.76. The van der Waals surface area contributed by atoms with Crippen molar-refractivity contribution in [1.29, 1.82) is 0 Å². The van der Waals surface area contributed by atoms with Crippen molar-refractivity contribution in [3.63, 3.8) is 0 Å². The van der Waals surface area contributed by atoms with Crippen molar-refractivity contribution in [3.05, 3.63) is 0 Å². The van der Waals surface area contributed by atoms with Gasteiger partial charge in [-0.15, -0.1) is 0 Å². The van der Waals surface area contributed by atoms with Gasteiger partial charge in [-0.3, -0.25) is 0 Å². The highest BCUT2D eigenvalue weighted by molar-refractivity contribution is 5.39. The minimum Gasteiger partial charge on any atom is -0.392 e. The zero-order valence-electron chi connectivity index (χ0n) is 20.5. The van der Waals surface area contributed by atoms with Gasteiger partial charge < -0.3 is 49.4 Å². The smallest absolute Gasteiger partial charge is 0.120 e. The lowest BCUT2D eigenvalue weighted by molar-refractivity contribution is -0.319. The monoisotopic (exact) mass is 485 g/mol. The number of nitrogens with zero attached hydrogens (tertiary/aromatic N) is 1. The molecule has 5 saturated carbocycles. The van der Waals surface area contributed by atoms with E-state index in [0.717, 1.165) is 0 Å². The molecule has 1 heterocycles. The summed E-state index contributed by atoms with van der Waals surface area (Å²) < 4.78 is 23.6. The number of aliphatic hydroxyl groups excluding tert-OH is 3. The zero-order chi connectivity index (χ0) is 24.6. The standard InChI is InChI=1S/C24H39NO9/c1-25-8-21(9-31-2)11(26)6-12(32-3)23-10-7-22(29)18(27)13(10)24(30,19(28)20(22)34-5)14(17(23)25)15(33-4)16(21)23/h10-20,26-30H,6-9H2,1-5H3/t10-,11+,12-,13+,14-,15+,16-,17+,18-,19-,20-,21-,22-,23+,24-/m1/s1. The van der Waals surface area contributed by atoms with Crippen LogP contribution in [0.2, 0.25) is 0 Å². The Kier molecular flexibility index (Phi) is 5.02. The SMILES string of the molecule is COC[C@@]12CN(C)[C@H]3[C@H]4[C@H](OC)[C@H]1[C@]3([C@@H]1C[C@@]3(O)[C@H](O)[C@H]1[C@]4(O)[C@H](O)[C@H]3OC)[C@H](OC)C[C@@H]2O. The molecule has 10 heteroatoms. The van der Waals surface area contributed by atoms with Crippen LogP contribution in [0.25, 0.3) is 0 Å². The first-order valence-electron chi connectivity index (χ1n) is 12.3. The molecule has 10 nitrogen and oxygen atoms in total. The van der Waals surface area contributed by atoms with Crippen LogP contribution in [0.5, 0.6) is 0 Å². The maximum Gasteiger partial charge on any atom is 0.120 e. The number of likely N-dealkylation sites (tertiary alicyclic amines) is 1. The second-order valence-corrected chi connectivity index (χ2v) is 12.0. The largest absolute Gasteiger partial charge is 0.392 e. The summed E-state index contributed by atoms with van der Waals surface area (Å²) in [5.74, 6) is -2.05. The minimum absolute atomic E-state index is 0.153. The molecule has 1 saturated heterocycles. The quantitative estimate of drug-likeness (QED) is 0.292. The highest BCUT2D eigenvalue weighted by Gasteiger charge is 2.90. The summed E-state index contributed by atoms with van der Waals surface area (Å²) in [5, 5.41) is 58.9. The van der Waals surface area contributed by atoms with Crippen LogP contribution in [-0.4, -0.2) is 133 Å². The molecule has 34 heavy (non-hydrogen) atoms. The van der Waals surface area contributed by atoms with E-state index in [0.29, 0.717) is 19.6 Å². The number of piperidine rings is 1. The Morgan fingerprint density at radius 1 is 0.941 bits per heavy atom. The second kappa shape index (κ2) is 7.12. The molecule has 0 aromatic heterocycles. The lowest BCUT2D eigenvalue weighted by Gasteiger charge is -2.69. The van der Waals surface area contributed by atoms with E-state index in [4.69, 9.17) is 18.9 Å². The fraction of sp³-hybridized carbons (Fsp3) is 1.00. The van der Waals surface area contributed by atoms with Gasteiger partial charge in [-0.1, -0.05) is 0 Å². The first-order valence-corrected chi connectivity index (χ1v) is 12.3. The predicted molar refractivity (Wildman–Crippen MR) is 117 cm³/mol. The van der Waals surface area contributed by atoms with Gasteiger partial charge >= 0.3 is 0 Å². The molecule has 1 aliphatic heterocycles. The fourth-order valence-electron chi connectivity index (χ4n) is 10.9. The molecule has 5 N–H and O–H groups in total. The predicted octanol–water partition coefficient (Wildman–Crippen LogP) is -2.18. The Balaban J connectivity index is 1.67. The van der Waals surface area contributed by atoms with Gasteiger partial charge in [-0.05, 0) is 19.4 Å². The van der Waals surface area contributed by atoms with Crippen molar-refractivity contribution in [2.45, 2.75) is 66.7 Å². The number of aliphatic hydroxyl groups is 5. The van der Waals surface area contributed by atoms with Crippen molar-refractivity contribution in [3.8, 4) is 0 Å². The molecule has 6 rings (SSSR count). The number of fused-ring (bicyclic) bond motifs is 2. The summed E-state index contributed by atoms with van der Waals surface area (Å²) in [4.78, 5) is 2.17. The average molecular weight is 486 g/mol. The molecule has 0 radical (unpaired) electrons. The maximum absolute atomic E-state index is 12.5. The van der Waals surface area contributed by atoms with Crippen molar-refractivity contribution in [2.75, 3.05) is 48.6 Å². The Morgan fingerprint density at radius 2 is 1.65 bits per heavy atom. The van der Waals surface area contributed by atoms with Crippen molar-refractivity contribution in [1.82, 2.24) is 4.90 Å². The van der Waals surface area contributed by atoms with E-state index in [9.17, 15) is 25.5 Å². The molecule has 0 amide bonds. The molecule has 6 aliphatic rings. The molecular weight excluding hydrogens is 446 g/mol. The normalized spacial score (nSPS) is 63.9. The second-order valence-electron chi connectivity index (χ2n) is 12.0. The molecule has 0 aromatic rings. The first kappa shape index (κ1) is 24.0. The van der Waals surface area contributed by atoms with Crippen LogP contribution in [0.1, 0.15) is 12.8 Å². The van der Waals surface area contributed by atoms with Gasteiger partial charge in [0.25, 0.3) is 0 Å². The van der Waals surface area contributed by atoms with Crippen LogP contribution in [-0.2, 0) is 18.9 Å². The number of methoxy groups -OCH3 is 4. The van der Waals surface area contributed by atoms with E-state index < -0.39 is 76.4 Å². The lowest BCUT2D eigenvalue weighted by atomic mass is 9.42. The van der Waals surface area contributed by atoms with Gasteiger partial charge in [0.15, 0.2) is 0 Å². The van der Waals surface area contributed by atoms with Crippen LogP contribution in [0.15, 0.2) is 0 Å². The molecule has 6 fully saturated rings. The van der Waals surface area contributed by atoms with Gasteiger partial charge in [0.1, 0.15) is 23.4 Å². The molecule has 0 aromatic carbocycles. The van der Waals surface area contributed by atoms with E-state index in [2.05, 4.69) is 4.90 Å². The summed E-state index contributed by atoms with van der Waals surface area (Å²) in [6.45, 7) is 0.836. The number of hydrogen-bond donors (Lipinski definition) is 5. The van der Waals surface area contributed by atoms with Crippen LogP contribution in [0.3, 0.4) is 0 Å². The molecular formula is C24H39NO9. The van der Waals surface area contributed by atoms with Crippen molar-refractivity contribution in [2.24, 2.45) is 34.5 Å². The fourth-order valence-corrected chi connectivity index (χ4v) is 10.9. The van der Waals surface area contributed by atoms with E-state index >= 15 is 0 Å². The third kappa shape index (κ3) is 2.14. The lowest BCUT2D eigenvalue weighted by Crippen LogP contribution is -2.80. The summed E-state index contributed by atoms with van der Waals surface area (Å²) in [5.41, 5.74) is -4.81. The van der Waals surface area contributed by atoms with Crippen LogP contribution < -0.4 is 0 Å². The van der Waals surface area contributed by atoms with Gasteiger partial charge in [0.05, 0.1) is 31.0 Å². The summed E-state index contributed by atoms with van der Waals surface area (Å²) in [6, 6.07) is -0.254. The first-order chi connectivity index (χ1) is 16.1. The van der Waals surface area contributed by atoms with E-state index in [-0.39, 0.29) is 18.4 Å². The van der Waals surface area contributed by atoms with Gasteiger partial charge in [0, 0.05) is 76.0 Å². The summed E-state index contributed by atoms with van der Waals surface area (Å²) >= 11 is 0. The Bertz CT molecular complexity index is 862. The van der Waals surface area contributed by atoms with Crippen molar-refractivity contribution >= 4 is 0 Å². The van der Waals surface area contributed by atoms with E-state index in [1.165, 1.54) is 7.11 Å². The summed E-state index contributed by atoms with van der Waals surface area (Å²) in [7, 11) is 8.24. The molecule has 0 unspecified atom stereocenters. The highest BCUT2D eigenvalue weighted by Crippen LogP contribution is 2.79. The third-order valence-corrected chi connectivity index (χ3v) is 11.4. The van der Waals surface area contributed by atoms with Crippen molar-refractivity contribution < 1.29 is 44.5 Å². The Labute approximate surface area is 199 Å².